The van der Waals surface area contributed by atoms with E-state index in [0.29, 0.717) is 7.18 Å². The molecule has 13 heavy (non-hydrogen) atoms. The topological polar surface area (TPSA) is 44.1 Å². The molecule has 0 spiro atoms. The Morgan fingerprint density at radius 3 is 2.38 bits per heavy atom. The quantitative estimate of drug-likeness (QED) is 0.622. The van der Waals surface area contributed by atoms with Gasteiger partial charge in [-0.25, -0.2) is 0 Å². The molecule has 1 aliphatic heterocycles. The van der Waals surface area contributed by atoms with E-state index in [-0.39, 0.29) is 12.3 Å². The number of carbonyl (C=O) groups excluding carboxylic acids is 1. The predicted molar refractivity (Wildman–Crippen MR) is 47.7 cm³/mol. The summed E-state index contributed by atoms with van der Waals surface area (Å²) >= 11 is 0. The Hall–Kier alpha value is -1.11. The summed E-state index contributed by atoms with van der Waals surface area (Å²) in [5.74, 6) is -0.00722. The van der Waals surface area contributed by atoms with Gasteiger partial charge in [0.05, 0.1) is 13.2 Å². The van der Waals surface area contributed by atoms with Gasteiger partial charge in [0.25, 0.3) is 0 Å². The summed E-state index contributed by atoms with van der Waals surface area (Å²) in [7, 11) is 0.500. The third-order valence-corrected chi connectivity index (χ3v) is 1.94. The average molecular weight is 186 g/mol. The lowest BCUT2D eigenvalue weighted by atomic mass is 10.1. The molecule has 0 aromatic heterocycles. The fourth-order valence-corrected chi connectivity index (χ4v) is 1.32. The van der Waals surface area contributed by atoms with Crippen LogP contribution < -0.4 is 0 Å². The van der Waals surface area contributed by atoms with Crippen LogP contribution in [-0.4, -0.2) is 31.1 Å². The van der Waals surface area contributed by atoms with E-state index in [4.69, 9.17) is 5.26 Å². The van der Waals surface area contributed by atoms with Crippen LogP contribution in [0.3, 0.4) is 0 Å². The van der Waals surface area contributed by atoms with Crippen LogP contribution in [0.2, 0.25) is 0 Å². The van der Waals surface area contributed by atoms with Gasteiger partial charge >= 0.3 is 0 Å². The van der Waals surface area contributed by atoms with Crippen molar-refractivity contribution in [3.8, 4) is 6.07 Å². The highest BCUT2D eigenvalue weighted by atomic mass is 19.1. The Bertz CT molecular complexity index is 183. The number of nitriles is 1. The molecule has 3 nitrogen and oxygen atoms in total. The molecule has 1 heterocycles. The first-order valence-electron chi connectivity index (χ1n) is 4.37. The third kappa shape index (κ3) is 4.46. The highest BCUT2D eigenvalue weighted by molar-refractivity contribution is 5.78. The zero-order chi connectivity index (χ0) is 10.1. The van der Waals surface area contributed by atoms with Crippen molar-refractivity contribution >= 4 is 5.91 Å². The number of alkyl halides is 1. The summed E-state index contributed by atoms with van der Waals surface area (Å²) in [5.41, 5.74) is 0. The molecule has 0 unspecified atom stereocenters. The summed E-state index contributed by atoms with van der Waals surface area (Å²) in [6.07, 6.45) is 3.45. The van der Waals surface area contributed by atoms with Crippen LogP contribution in [0.5, 0.6) is 0 Å². The third-order valence-electron chi connectivity index (χ3n) is 1.94. The molecule has 1 rings (SSSR count). The first-order valence-corrected chi connectivity index (χ1v) is 4.37. The number of hydrogen-bond acceptors (Lipinski definition) is 2. The lowest BCUT2D eigenvalue weighted by Gasteiger charge is -2.25. The molecule has 1 amide bonds. The van der Waals surface area contributed by atoms with Gasteiger partial charge in [-0.15, -0.1) is 0 Å². The fraction of sp³-hybridized carbons (Fsp3) is 0.778. The molecule has 1 saturated heterocycles. The predicted octanol–water partition coefficient (Wildman–Crippen LogP) is 1.50. The van der Waals surface area contributed by atoms with E-state index in [2.05, 4.69) is 0 Å². The molecule has 1 fully saturated rings. The van der Waals surface area contributed by atoms with Crippen molar-refractivity contribution in [3.05, 3.63) is 0 Å². The van der Waals surface area contributed by atoms with Gasteiger partial charge in [-0.05, 0) is 19.3 Å². The molecule has 4 heteroatoms. The van der Waals surface area contributed by atoms with Crippen molar-refractivity contribution in [2.75, 3.05) is 20.3 Å². The highest BCUT2D eigenvalue weighted by Crippen LogP contribution is 2.09. The van der Waals surface area contributed by atoms with Gasteiger partial charge in [0.15, 0.2) is 0 Å². The number of carbonyl (C=O) groups is 1. The first-order chi connectivity index (χ1) is 6.34. The zero-order valence-electron chi connectivity index (χ0n) is 7.92. The monoisotopic (exact) mass is 186 g/mol. The minimum atomic E-state index is -0.00722. The molecule has 0 aliphatic carbocycles. The van der Waals surface area contributed by atoms with E-state index in [1.807, 2.05) is 6.07 Å². The SMILES string of the molecule is CF.N#CCC(=O)N1CCCCC1. The van der Waals surface area contributed by atoms with Crippen LogP contribution in [0.15, 0.2) is 0 Å². The summed E-state index contributed by atoms with van der Waals surface area (Å²) in [6, 6.07) is 1.87. The lowest BCUT2D eigenvalue weighted by molar-refractivity contribution is -0.130. The molecule has 0 N–H and O–H groups in total. The van der Waals surface area contributed by atoms with Crippen molar-refractivity contribution in [2.24, 2.45) is 0 Å². The normalized spacial score (nSPS) is 15.3. The number of halogens is 1. The molecule has 0 aromatic rings. The second kappa shape index (κ2) is 7.53. The molecule has 0 bridgehead atoms. The van der Waals surface area contributed by atoms with Gasteiger partial charge in [-0.2, -0.15) is 5.26 Å². The Balaban J connectivity index is 0.000000671. The maximum atomic E-state index is 11.1. The van der Waals surface area contributed by atoms with Crippen LogP contribution in [-0.2, 0) is 4.79 Å². The van der Waals surface area contributed by atoms with E-state index in [1.165, 1.54) is 6.42 Å². The van der Waals surface area contributed by atoms with Crippen LogP contribution in [0.25, 0.3) is 0 Å². The number of rotatable bonds is 1. The lowest BCUT2D eigenvalue weighted by Crippen LogP contribution is -2.35. The number of likely N-dealkylation sites (tertiary alicyclic amines) is 1. The Morgan fingerprint density at radius 1 is 1.38 bits per heavy atom. The fourth-order valence-electron chi connectivity index (χ4n) is 1.32. The van der Waals surface area contributed by atoms with E-state index < -0.39 is 0 Å². The van der Waals surface area contributed by atoms with Crippen molar-refractivity contribution in [2.45, 2.75) is 25.7 Å². The Morgan fingerprint density at radius 2 is 1.92 bits per heavy atom. The Labute approximate surface area is 78.1 Å². The highest BCUT2D eigenvalue weighted by Gasteiger charge is 2.14. The van der Waals surface area contributed by atoms with Crippen LogP contribution in [0.1, 0.15) is 25.7 Å². The van der Waals surface area contributed by atoms with Gasteiger partial charge in [-0.1, -0.05) is 0 Å². The Kier molecular flexibility index (Phi) is 6.89. The number of piperidine rings is 1. The van der Waals surface area contributed by atoms with Crippen molar-refractivity contribution in [3.63, 3.8) is 0 Å². The van der Waals surface area contributed by atoms with Gasteiger partial charge in [-0.3, -0.25) is 9.18 Å². The van der Waals surface area contributed by atoms with E-state index in [0.717, 1.165) is 25.9 Å². The molecule has 0 saturated carbocycles. The van der Waals surface area contributed by atoms with E-state index in [9.17, 15) is 9.18 Å². The molecular formula is C9H15FN2O. The van der Waals surface area contributed by atoms with Crippen LogP contribution >= 0.6 is 0 Å². The smallest absolute Gasteiger partial charge is 0.236 e. The zero-order valence-corrected chi connectivity index (χ0v) is 7.92. The van der Waals surface area contributed by atoms with Gasteiger partial charge in [0, 0.05) is 13.1 Å². The molecule has 0 radical (unpaired) electrons. The van der Waals surface area contributed by atoms with Gasteiger partial charge < -0.3 is 4.90 Å². The maximum Gasteiger partial charge on any atom is 0.236 e. The first kappa shape index (κ1) is 11.9. The minimum absolute atomic E-state index is 0.00722. The largest absolute Gasteiger partial charge is 0.342 e. The molecule has 0 atom stereocenters. The summed E-state index contributed by atoms with van der Waals surface area (Å²) in [4.78, 5) is 12.9. The molecule has 1 aliphatic rings. The van der Waals surface area contributed by atoms with Crippen molar-refractivity contribution in [1.82, 2.24) is 4.90 Å². The van der Waals surface area contributed by atoms with Crippen LogP contribution in [0, 0.1) is 11.3 Å². The molecule has 74 valence electrons. The molecule has 0 aromatic carbocycles. The number of hydrogen-bond donors (Lipinski definition) is 0. The number of amides is 1. The summed E-state index contributed by atoms with van der Waals surface area (Å²) in [5, 5.41) is 8.27. The number of nitrogens with zero attached hydrogens (tertiary/aromatic N) is 2. The average Bonchev–Trinajstić information content (AvgIpc) is 2.23. The van der Waals surface area contributed by atoms with Gasteiger partial charge in [0.2, 0.25) is 5.91 Å². The standard InChI is InChI=1S/C8H12N2O.CH3F/c9-5-4-8(11)10-6-2-1-3-7-10;1-2/h1-4,6-7H2;1H3. The van der Waals surface area contributed by atoms with E-state index in [1.54, 1.807) is 4.90 Å². The van der Waals surface area contributed by atoms with Crippen molar-refractivity contribution in [1.29, 1.82) is 5.26 Å². The van der Waals surface area contributed by atoms with Crippen molar-refractivity contribution < 1.29 is 9.18 Å². The second-order valence-corrected chi connectivity index (χ2v) is 2.78. The summed E-state index contributed by atoms with van der Waals surface area (Å²) in [6.45, 7) is 1.70. The minimum Gasteiger partial charge on any atom is -0.342 e. The second-order valence-electron chi connectivity index (χ2n) is 2.78. The van der Waals surface area contributed by atoms with Crippen LogP contribution in [0.4, 0.5) is 4.39 Å². The van der Waals surface area contributed by atoms with E-state index >= 15 is 0 Å². The summed E-state index contributed by atoms with van der Waals surface area (Å²) < 4.78 is 9.50. The van der Waals surface area contributed by atoms with Gasteiger partial charge in [0.1, 0.15) is 6.42 Å². The maximum absolute atomic E-state index is 11.1. The molecular weight excluding hydrogens is 171 g/mol.